The van der Waals surface area contributed by atoms with E-state index in [1.807, 2.05) is 18.2 Å². The molecular formula is C25H23N3O5. The van der Waals surface area contributed by atoms with E-state index in [4.69, 9.17) is 14.2 Å². The van der Waals surface area contributed by atoms with Crippen LogP contribution < -0.4 is 24.8 Å². The molecule has 3 aromatic carbocycles. The summed E-state index contributed by atoms with van der Waals surface area (Å²) in [5, 5.41) is 6.56. The van der Waals surface area contributed by atoms with Crippen molar-refractivity contribution >= 4 is 34.1 Å². The molecule has 0 saturated heterocycles. The Morgan fingerprint density at radius 1 is 0.727 bits per heavy atom. The van der Waals surface area contributed by atoms with Gasteiger partial charge in [0.15, 0.2) is 0 Å². The lowest BCUT2D eigenvalue weighted by atomic mass is 10.2. The molecule has 3 N–H and O–H groups in total. The number of ether oxygens (including phenoxy) is 3. The fourth-order valence-corrected chi connectivity index (χ4v) is 3.37. The average molecular weight is 445 g/mol. The van der Waals surface area contributed by atoms with E-state index in [1.165, 1.54) is 7.11 Å². The second-order valence-electron chi connectivity index (χ2n) is 7.19. The van der Waals surface area contributed by atoms with Gasteiger partial charge in [-0.1, -0.05) is 0 Å². The minimum atomic E-state index is -0.317. The third-order valence-electron chi connectivity index (χ3n) is 5.13. The van der Waals surface area contributed by atoms with Crippen LogP contribution in [0.5, 0.6) is 17.2 Å². The number of carbonyl (C=O) groups is 2. The molecule has 0 aliphatic rings. The predicted molar refractivity (Wildman–Crippen MR) is 127 cm³/mol. The summed E-state index contributed by atoms with van der Waals surface area (Å²) in [4.78, 5) is 28.6. The van der Waals surface area contributed by atoms with E-state index >= 15 is 0 Å². The normalized spacial score (nSPS) is 10.5. The van der Waals surface area contributed by atoms with Crippen molar-refractivity contribution in [2.24, 2.45) is 0 Å². The van der Waals surface area contributed by atoms with Crippen molar-refractivity contribution in [1.82, 2.24) is 4.98 Å². The van der Waals surface area contributed by atoms with Crippen LogP contribution in [0.2, 0.25) is 0 Å². The number of hydrogen-bond acceptors (Lipinski definition) is 5. The van der Waals surface area contributed by atoms with Gasteiger partial charge in [-0.05, 0) is 60.7 Å². The first-order valence-electron chi connectivity index (χ1n) is 10.1. The summed E-state index contributed by atoms with van der Waals surface area (Å²) in [6.07, 6.45) is 0. The zero-order chi connectivity index (χ0) is 23.4. The minimum absolute atomic E-state index is 0.316. The number of fused-ring (bicyclic) bond motifs is 1. The van der Waals surface area contributed by atoms with Gasteiger partial charge in [0.05, 0.1) is 27.0 Å². The number of rotatable bonds is 7. The van der Waals surface area contributed by atoms with E-state index < -0.39 is 0 Å². The summed E-state index contributed by atoms with van der Waals surface area (Å²) in [5.74, 6) is 1.19. The van der Waals surface area contributed by atoms with Crippen molar-refractivity contribution in [3.8, 4) is 17.2 Å². The second kappa shape index (κ2) is 9.35. The zero-order valence-corrected chi connectivity index (χ0v) is 18.4. The van der Waals surface area contributed by atoms with Crippen LogP contribution in [0, 0.1) is 0 Å². The molecule has 0 aliphatic heterocycles. The first kappa shape index (κ1) is 21.8. The molecule has 4 aromatic rings. The number of methoxy groups -OCH3 is 3. The van der Waals surface area contributed by atoms with E-state index in [1.54, 1.807) is 62.8 Å². The lowest BCUT2D eigenvalue weighted by molar-refractivity contribution is 0.101. The minimum Gasteiger partial charge on any atom is -0.497 e. The molecule has 1 heterocycles. The lowest BCUT2D eigenvalue weighted by Crippen LogP contribution is -2.15. The lowest BCUT2D eigenvalue weighted by Gasteiger charge is -2.13. The molecule has 4 rings (SSSR count). The van der Waals surface area contributed by atoms with Crippen LogP contribution in [-0.2, 0) is 0 Å². The number of aromatic amines is 1. The van der Waals surface area contributed by atoms with Crippen LogP contribution in [0.25, 0.3) is 10.9 Å². The SMILES string of the molecule is COc1ccc(C(=O)Nc2cc(NC(=O)c3cc4ccc(OC)cc4[nH]3)ccc2OC)cc1. The molecule has 0 saturated carbocycles. The van der Waals surface area contributed by atoms with Gasteiger partial charge in [0, 0.05) is 28.2 Å². The van der Waals surface area contributed by atoms with Gasteiger partial charge in [0.1, 0.15) is 22.9 Å². The third-order valence-corrected chi connectivity index (χ3v) is 5.13. The van der Waals surface area contributed by atoms with Gasteiger partial charge >= 0.3 is 0 Å². The Morgan fingerprint density at radius 3 is 2.15 bits per heavy atom. The Labute approximate surface area is 190 Å². The molecule has 0 radical (unpaired) electrons. The van der Waals surface area contributed by atoms with Crippen molar-refractivity contribution < 1.29 is 23.8 Å². The maximum Gasteiger partial charge on any atom is 0.272 e. The Hall–Kier alpha value is -4.46. The molecule has 0 aliphatic carbocycles. The largest absolute Gasteiger partial charge is 0.497 e. The summed E-state index contributed by atoms with van der Waals surface area (Å²) in [5.41, 5.74) is 2.58. The first-order chi connectivity index (χ1) is 16.0. The summed E-state index contributed by atoms with van der Waals surface area (Å²) < 4.78 is 15.7. The van der Waals surface area contributed by atoms with E-state index in [2.05, 4.69) is 15.6 Å². The topological polar surface area (TPSA) is 102 Å². The average Bonchev–Trinajstić information content (AvgIpc) is 3.28. The van der Waals surface area contributed by atoms with Gasteiger partial charge in [0.25, 0.3) is 11.8 Å². The highest BCUT2D eigenvalue weighted by Gasteiger charge is 2.14. The molecule has 33 heavy (non-hydrogen) atoms. The standard InChI is InChI=1S/C25H23N3O5/c1-31-18-8-4-15(5-9-18)24(29)28-21-13-17(7-11-23(21)33-3)26-25(30)22-12-16-6-10-19(32-2)14-20(16)27-22/h4-14,27H,1-3H3,(H,26,30)(H,28,29). The van der Waals surface area contributed by atoms with Crippen LogP contribution >= 0.6 is 0 Å². The Morgan fingerprint density at radius 2 is 1.45 bits per heavy atom. The maximum atomic E-state index is 12.8. The molecule has 2 amide bonds. The summed E-state index contributed by atoms with van der Waals surface area (Å²) in [7, 11) is 4.66. The fourth-order valence-electron chi connectivity index (χ4n) is 3.37. The van der Waals surface area contributed by atoms with Gasteiger partial charge in [-0.25, -0.2) is 0 Å². The molecule has 0 atom stereocenters. The van der Waals surface area contributed by atoms with Gasteiger partial charge in [-0.3, -0.25) is 9.59 Å². The molecule has 0 unspecified atom stereocenters. The van der Waals surface area contributed by atoms with Gasteiger partial charge in [-0.2, -0.15) is 0 Å². The predicted octanol–water partition coefficient (Wildman–Crippen LogP) is 4.70. The number of nitrogens with one attached hydrogen (secondary N) is 3. The number of H-pyrrole nitrogens is 1. The van der Waals surface area contributed by atoms with E-state index in [-0.39, 0.29) is 11.8 Å². The Balaban J connectivity index is 1.53. The quantitative estimate of drug-likeness (QED) is 0.383. The Kier molecular flexibility index (Phi) is 6.17. The van der Waals surface area contributed by atoms with Crippen molar-refractivity contribution in [2.75, 3.05) is 32.0 Å². The van der Waals surface area contributed by atoms with Crippen LogP contribution in [0.4, 0.5) is 11.4 Å². The van der Waals surface area contributed by atoms with Crippen LogP contribution in [0.3, 0.4) is 0 Å². The van der Waals surface area contributed by atoms with Crippen LogP contribution in [-0.4, -0.2) is 38.1 Å². The molecule has 0 bridgehead atoms. The van der Waals surface area contributed by atoms with Crippen molar-refractivity contribution in [1.29, 1.82) is 0 Å². The molecule has 1 aromatic heterocycles. The molecule has 0 fully saturated rings. The number of hydrogen-bond donors (Lipinski definition) is 3. The van der Waals surface area contributed by atoms with E-state index in [9.17, 15) is 9.59 Å². The summed E-state index contributed by atoms with van der Waals surface area (Å²) in [6.45, 7) is 0. The van der Waals surface area contributed by atoms with Crippen molar-refractivity contribution in [3.63, 3.8) is 0 Å². The molecule has 8 heteroatoms. The van der Waals surface area contributed by atoms with Gasteiger partial charge in [0.2, 0.25) is 0 Å². The van der Waals surface area contributed by atoms with Gasteiger partial charge in [-0.15, -0.1) is 0 Å². The van der Waals surface area contributed by atoms with Gasteiger partial charge < -0.3 is 29.8 Å². The van der Waals surface area contributed by atoms with Crippen LogP contribution in [0.15, 0.2) is 66.7 Å². The first-order valence-corrected chi connectivity index (χ1v) is 10.1. The highest BCUT2D eigenvalue weighted by molar-refractivity contribution is 6.08. The highest BCUT2D eigenvalue weighted by Crippen LogP contribution is 2.29. The number of anilines is 2. The summed E-state index contributed by atoms with van der Waals surface area (Å²) >= 11 is 0. The second-order valence-corrected chi connectivity index (χ2v) is 7.19. The number of amides is 2. The zero-order valence-electron chi connectivity index (χ0n) is 18.4. The Bertz CT molecular complexity index is 1310. The van der Waals surface area contributed by atoms with E-state index in [0.717, 1.165) is 10.9 Å². The summed E-state index contributed by atoms with van der Waals surface area (Å²) in [6, 6.07) is 19.1. The molecule has 0 spiro atoms. The highest BCUT2D eigenvalue weighted by atomic mass is 16.5. The number of aromatic nitrogens is 1. The fraction of sp³-hybridized carbons (Fsp3) is 0.120. The molecule has 8 nitrogen and oxygen atoms in total. The van der Waals surface area contributed by atoms with Crippen molar-refractivity contribution in [3.05, 3.63) is 78.0 Å². The molecule has 168 valence electrons. The number of carbonyl (C=O) groups excluding carboxylic acids is 2. The number of benzene rings is 3. The van der Waals surface area contributed by atoms with E-state index in [0.29, 0.717) is 39.9 Å². The van der Waals surface area contributed by atoms with Crippen LogP contribution in [0.1, 0.15) is 20.8 Å². The smallest absolute Gasteiger partial charge is 0.272 e. The monoisotopic (exact) mass is 445 g/mol. The third kappa shape index (κ3) is 4.74. The maximum absolute atomic E-state index is 12.8. The molecular weight excluding hydrogens is 422 g/mol. The van der Waals surface area contributed by atoms with Crippen molar-refractivity contribution in [2.45, 2.75) is 0 Å².